The summed E-state index contributed by atoms with van der Waals surface area (Å²) < 4.78 is 4.71. The standard InChI is InChI=1S/C12H15NO3S/c1-16-8-12(15)13-7-11-6-10(9-17-11)4-2-3-5-14/h6,9,14H,3,5,7-8H2,1H3,(H,13,15). The van der Waals surface area contributed by atoms with Gasteiger partial charge in [-0.15, -0.1) is 11.3 Å². The highest BCUT2D eigenvalue weighted by Crippen LogP contribution is 2.13. The minimum atomic E-state index is -0.131. The Balaban J connectivity index is 2.41. The summed E-state index contributed by atoms with van der Waals surface area (Å²) in [5, 5.41) is 13.3. The largest absolute Gasteiger partial charge is 0.395 e. The SMILES string of the molecule is COCC(=O)NCc1cc(C#CCCO)cs1. The van der Waals surface area contributed by atoms with Crippen molar-refractivity contribution in [1.82, 2.24) is 5.32 Å². The van der Waals surface area contributed by atoms with E-state index in [2.05, 4.69) is 17.2 Å². The molecule has 92 valence electrons. The van der Waals surface area contributed by atoms with Gasteiger partial charge in [-0.3, -0.25) is 4.79 Å². The van der Waals surface area contributed by atoms with Crippen molar-refractivity contribution in [2.75, 3.05) is 20.3 Å². The molecule has 1 aromatic heterocycles. The number of carbonyl (C=O) groups is 1. The molecule has 0 saturated heterocycles. The Morgan fingerprint density at radius 2 is 2.47 bits per heavy atom. The van der Waals surface area contributed by atoms with Gasteiger partial charge < -0.3 is 15.2 Å². The molecule has 0 aliphatic rings. The Morgan fingerprint density at radius 3 is 3.18 bits per heavy atom. The van der Waals surface area contributed by atoms with Crippen LogP contribution in [0.2, 0.25) is 0 Å². The minimum absolute atomic E-state index is 0.0779. The zero-order chi connectivity index (χ0) is 12.5. The molecule has 0 unspecified atom stereocenters. The molecular weight excluding hydrogens is 238 g/mol. The Hall–Kier alpha value is -1.35. The molecule has 1 amide bonds. The van der Waals surface area contributed by atoms with Gasteiger partial charge in [0.25, 0.3) is 0 Å². The van der Waals surface area contributed by atoms with E-state index in [9.17, 15) is 4.79 Å². The van der Waals surface area contributed by atoms with E-state index in [1.54, 1.807) is 11.3 Å². The van der Waals surface area contributed by atoms with E-state index in [0.29, 0.717) is 13.0 Å². The maximum absolute atomic E-state index is 11.1. The van der Waals surface area contributed by atoms with E-state index in [-0.39, 0.29) is 19.1 Å². The van der Waals surface area contributed by atoms with Crippen LogP contribution in [-0.2, 0) is 16.1 Å². The first-order chi connectivity index (χ1) is 8.26. The Bertz CT molecular complexity index is 417. The molecule has 2 N–H and O–H groups in total. The summed E-state index contributed by atoms with van der Waals surface area (Å²) in [6, 6.07) is 1.93. The van der Waals surface area contributed by atoms with Gasteiger partial charge in [-0.1, -0.05) is 11.8 Å². The summed E-state index contributed by atoms with van der Waals surface area (Å²) in [4.78, 5) is 12.2. The second-order valence-corrected chi connectivity index (χ2v) is 4.28. The lowest BCUT2D eigenvalue weighted by Gasteiger charge is -2.01. The maximum atomic E-state index is 11.1. The van der Waals surface area contributed by atoms with Gasteiger partial charge >= 0.3 is 0 Å². The second kappa shape index (κ2) is 7.85. The highest BCUT2D eigenvalue weighted by atomic mass is 32.1. The van der Waals surface area contributed by atoms with Crippen molar-refractivity contribution in [1.29, 1.82) is 0 Å². The number of thiophene rings is 1. The summed E-state index contributed by atoms with van der Waals surface area (Å²) in [5.41, 5.74) is 0.916. The number of hydrogen-bond acceptors (Lipinski definition) is 4. The second-order valence-electron chi connectivity index (χ2n) is 3.29. The van der Waals surface area contributed by atoms with Crippen LogP contribution in [0.25, 0.3) is 0 Å². The first-order valence-corrected chi connectivity index (χ1v) is 6.07. The first kappa shape index (κ1) is 13.7. The van der Waals surface area contributed by atoms with Gasteiger partial charge in [0.05, 0.1) is 13.2 Å². The van der Waals surface area contributed by atoms with Gasteiger partial charge in [0.2, 0.25) is 5.91 Å². The van der Waals surface area contributed by atoms with E-state index >= 15 is 0 Å². The molecule has 5 heteroatoms. The summed E-state index contributed by atoms with van der Waals surface area (Å²) in [6.45, 7) is 0.653. The lowest BCUT2D eigenvalue weighted by Crippen LogP contribution is -2.26. The van der Waals surface area contributed by atoms with Crippen molar-refractivity contribution in [3.05, 3.63) is 21.9 Å². The lowest BCUT2D eigenvalue weighted by atomic mass is 10.3. The van der Waals surface area contributed by atoms with Crippen molar-refractivity contribution >= 4 is 17.2 Å². The van der Waals surface area contributed by atoms with Crippen LogP contribution >= 0.6 is 11.3 Å². The van der Waals surface area contributed by atoms with Crippen LogP contribution < -0.4 is 5.32 Å². The maximum Gasteiger partial charge on any atom is 0.246 e. The molecule has 4 nitrogen and oxygen atoms in total. The zero-order valence-corrected chi connectivity index (χ0v) is 10.5. The van der Waals surface area contributed by atoms with Crippen molar-refractivity contribution in [2.45, 2.75) is 13.0 Å². The molecule has 0 aliphatic heterocycles. The highest BCUT2D eigenvalue weighted by molar-refractivity contribution is 7.10. The molecule has 1 heterocycles. The zero-order valence-electron chi connectivity index (χ0n) is 9.66. The highest BCUT2D eigenvalue weighted by Gasteiger charge is 2.01. The van der Waals surface area contributed by atoms with Crippen LogP contribution in [0, 0.1) is 11.8 Å². The molecule has 0 saturated carbocycles. The molecule has 0 radical (unpaired) electrons. The van der Waals surface area contributed by atoms with Gasteiger partial charge in [-0.25, -0.2) is 0 Å². The van der Waals surface area contributed by atoms with E-state index in [4.69, 9.17) is 9.84 Å². The Morgan fingerprint density at radius 1 is 1.65 bits per heavy atom. The average Bonchev–Trinajstić information content (AvgIpc) is 2.75. The van der Waals surface area contributed by atoms with E-state index in [1.807, 2.05) is 11.4 Å². The molecule has 0 fully saturated rings. The first-order valence-electron chi connectivity index (χ1n) is 5.19. The Labute approximate surface area is 105 Å². The van der Waals surface area contributed by atoms with Gasteiger partial charge in [-0.2, -0.15) is 0 Å². The fourth-order valence-corrected chi connectivity index (χ4v) is 1.88. The molecule has 0 aliphatic carbocycles. The fraction of sp³-hybridized carbons (Fsp3) is 0.417. The molecule has 0 atom stereocenters. The number of aliphatic hydroxyl groups excluding tert-OH is 1. The number of rotatable bonds is 5. The van der Waals surface area contributed by atoms with E-state index in [1.165, 1.54) is 7.11 Å². The number of aliphatic hydroxyl groups is 1. The quantitative estimate of drug-likeness (QED) is 0.761. The molecule has 0 bridgehead atoms. The van der Waals surface area contributed by atoms with Gasteiger partial charge in [-0.05, 0) is 6.07 Å². The van der Waals surface area contributed by atoms with Gasteiger partial charge in [0.15, 0.2) is 0 Å². The smallest absolute Gasteiger partial charge is 0.246 e. The number of carbonyl (C=O) groups excluding carboxylic acids is 1. The van der Waals surface area contributed by atoms with Crippen LogP contribution in [0.1, 0.15) is 16.9 Å². The van der Waals surface area contributed by atoms with Crippen molar-refractivity contribution in [3.63, 3.8) is 0 Å². The molecule has 1 aromatic rings. The number of nitrogens with one attached hydrogen (secondary N) is 1. The van der Waals surface area contributed by atoms with Crippen LogP contribution in [-0.4, -0.2) is 31.3 Å². The van der Waals surface area contributed by atoms with E-state index < -0.39 is 0 Å². The van der Waals surface area contributed by atoms with Crippen molar-refractivity contribution in [2.24, 2.45) is 0 Å². The third-order valence-electron chi connectivity index (χ3n) is 1.86. The predicted octanol–water partition coefficient (Wildman–Crippen LogP) is 0.745. The summed E-state index contributed by atoms with van der Waals surface area (Å²) in [6.07, 6.45) is 0.482. The van der Waals surface area contributed by atoms with Gasteiger partial charge in [0.1, 0.15) is 6.61 Å². The molecule has 1 rings (SSSR count). The summed E-state index contributed by atoms with van der Waals surface area (Å²) >= 11 is 1.55. The Kier molecular flexibility index (Phi) is 6.33. The number of methoxy groups -OCH3 is 1. The van der Waals surface area contributed by atoms with Crippen LogP contribution in [0.15, 0.2) is 11.4 Å². The van der Waals surface area contributed by atoms with Crippen LogP contribution in [0.4, 0.5) is 0 Å². The monoisotopic (exact) mass is 253 g/mol. The fourth-order valence-electron chi connectivity index (χ4n) is 1.13. The molecular formula is C12H15NO3S. The van der Waals surface area contributed by atoms with Gasteiger partial charge in [0, 0.05) is 29.4 Å². The third-order valence-corrected chi connectivity index (χ3v) is 2.80. The summed E-state index contributed by atoms with van der Waals surface area (Å²) in [7, 11) is 1.49. The average molecular weight is 253 g/mol. The lowest BCUT2D eigenvalue weighted by molar-refractivity contribution is -0.124. The topological polar surface area (TPSA) is 58.6 Å². The summed E-state index contributed by atoms with van der Waals surface area (Å²) in [5.74, 6) is 5.66. The van der Waals surface area contributed by atoms with Crippen LogP contribution in [0.5, 0.6) is 0 Å². The number of hydrogen-bond donors (Lipinski definition) is 2. The molecule has 0 aromatic carbocycles. The minimum Gasteiger partial charge on any atom is -0.395 e. The van der Waals surface area contributed by atoms with Crippen LogP contribution in [0.3, 0.4) is 0 Å². The number of ether oxygens (including phenoxy) is 1. The third kappa shape index (κ3) is 5.50. The molecule has 0 spiro atoms. The predicted molar refractivity (Wildman–Crippen MR) is 66.6 cm³/mol. The van der Waals surface area contributed by atoms with E-state index in [0.717, 1.165) is 10.4 Å². The van der Waals surface area contributed by atoms with Crippen molar-refractivity contribution in [3.8, 4) is 11.8 Å². The normalized spacial score (nSPS) is 9.53. The number of amides is 1. The van der Waals surface area contributed by atoms with Crippen molar-refractivity contribution < 1.29 is 14.6 Å². The molecule has 17 heavy (non-hydrogen) atoms.